The van der Waals surface area contributed by atoms with Crippen molar-refractivity contribution in [2.75, 3.05) is 6.26 Å². The van der Waals surface area contributed by atoms with Crippen LogP contribution in [0.5, 0.6) is 5.75 Å². The third-order valence-corrected chi connectivity index (χ3v) is 5.22. The molecular formula is C14H18O5S. The van der Waals surface area contributed by atoms with Gasteiger partial charge >= 0.3 is 5.97 Å². The van der Waals surface area contributed by atoms with Crippen LogP contribution in [0.3, 0.4) is 0 Å². The number of aliphatic carboxylic acids is 1. The maximum Gasteiger partial charge on any atom is 0.314 e. The van der Waals surface area contributed by atoms with Gasteiger partial charge in [-0.25, -0.2) is 8.42 Å². The molecule has 5 nitrogen and oxygen atoms in total. The molecule has 0 atom stereocenters. The number of carboxylic acid groups (broad SMARTS) is 1. The number of benzene rings is 1. The van der Waals surface area contributed by atoms with E-state index in [1.165, 1.54) is 12.1 Å². The number of rotatable bonds is 3. The lowest BCUT2D eigenvalue weighted by molar-refractivity contribution is -0.143. The van der Waals surface area contributed by atoms with E-state index in [-0.39, 0.29) is 16.2 Å². The molecule has 0 unspecified atom stereocenters. The molecule has 1 saturated carbocycles. The fourth-order valence-corrected chi connectivity index (χ4v) is 3.97. The summed E-state index contributed by atoms with van der Waals surface area (Å²) in [4.78, 5) is 11.7. The fourth-order valence-electron chi connectivity index (χ4n) is 2.93. The smallest absolute Gasteiger partial charge is 0.314 e. The summed E-state index contributed by atoms with van der Waals surface area (Å²) in [6.07, 6.45) is 3.34. The second-order valence-electron chi connectivity index (χ2n) is 5.50. The number of phenolic OH excluding ortho intramolecular Hbond substituents is 1. The van der Waals surface area contributed by atoms with Crippen LogP contribution in [0.4, 0.5) is 0 Å². The van der Waals surface area contributed by atoms with Crippen molar-refractivity contribution in [1.82, 2.24) is 0 Å². The zero-order valence-corrected chi connectivity index (χ0v) is 12.3. The lowest BCUT2D eigenvalue weighted by Gasteiger charge is -2.27. The quantitative estimate of drug-likeness (QED) is 0.890. The number of phenols is 1. The highest BCUT2D eigenvalue weighted by Gasteiger charge is 2.45. The van der Waals surface area contributed by atoms with Crippen LogP contribution in [0.25, 0.3) is 0 Å². The molecule has 1 aromatic carbocycles. The van der Waals surface area contributed by atoms with Crippen molar-refractivity contribution in [3.63, 3.8) is 0 Å². The molecular weight excluding hydrogens is 280 g/mol. The summed E-state index contributed by atoms with van der Waals surface area (Å²) in [5.74, 6) is -1.09. The van der Waals surface area contributed by atoms with E-state index in [1.807, 2.05) is 0 Å². The summed E-state index contributed by atoms with van der Waals surface area (Å²) < 4.78 is 23.9. The second kappa shape index (κ2) is 4.77. The van der Waals surface area contributed by atoms with Gasteiger partial charge in [0.25, 0.3) is 0 Å². The lowest BCUT2D eigenvalue weighted by atomic mass is 9.78. The molecule has 2 rings (SSSR count). The monoisotopic (exact) mass is 298 g/mol. The van der Waals surface area contributed by atoms with Gasteiger partial charge in [-0.2, -0.15) is 0 Å². The average Bonchev–Trinajstić information content (AvgIpc) is 2.81. The molecule has 0 saturated heterocycles. The van der Waals surface area contributed by atoms with Gasteiger partial charge in [0.2, 0.25) is 0 Å². The van der Waals surface area contributed by atoms with Crippen molar-refractivity contribution in [2.24, 2.45) is 0 Å². The molecule has 1 aromatic rings. The van der Waals surface area contributed by atoms with Crippen LogP contribution in [0.2, 0.25) is 0 Å². The van der Waals surface area contributed by atoms with Crippen molar-refractivity contribution in [1.29, 1.82) is 0 Å². The second-order valence-corrected chi connectivity index (χ2v) is 7.49. The Balaban J connectivity index is 2.79. The highest BCUT2D eigenvalue weighted by Crippen LogP contribution is 2.45. The molecule has 6 heteroatoms. The summed E-state index contributed by atoms with van der Waals surface area (Å²) in [5, 5.41) is 19.5. The van der Waals surface area contributed by atoms with Gasteiger partial charge in [-0.3, -0.25) is 4.79 Å². The number of aromatic hydroxyl groups is 1. The molecule has 0 aliphatic heterocycles. The fraction of sp³-hybridized carbons (Fsp3) is 0.500. The molecule has 0 radical (unpaired) electrons. The van der Waals surface area contributed by atoms with E-state index in [0.717, 1.165) is 19.1 Å². The Labute approximate surface area is 118 Å². The van der Waals surface area contributed by atoms with Crippen molar-refractivity contribution < 1.29 is 23.4 Å². The molecule has 0 bridgehead atoms. The molecule has 0 amide bonds. The van der Waals surface area contributed by atoms with E-state index in [2.05, 4.69) is 0 Å². The van der Waals surface area contributed by atoms with E-state index < -0.39 is 21.2 Å². The van der Waals surface area contributed by atoms with E-state index in [9.17, 15) is 23.4 Å². The van der Waals surface area contributed by atoms with Gasteiger partial charge in [0.1, 0.15) is 5.75 Å². The molecule has 0 aromatic heterocycles. The van der Waals surface area contributed by atoms with Gasteiger partial charge in [0, 0.05) is 6.26 Å². The first-order valence-electron chi connectivity index (χ1n) is 6.46. The van der Waals surface area contributed by atoms with Crippen LogP contribution < -0.4 is 0 Å². The maximum absolute atomic E-state index is 12.0. The van der Waals surface area contributed by atoms with E-state index >= 15 is 0 Å². The molecule has 110 valence electrons. The number of hydrogen-bond donors (Lipinski definition) is 2. The van der Waals surface area contributed by atoms with Crippen LogP contribution >= 0.6 is 0 Å². The van der Waals surface area contributed by atoms with Crippen LogP contribution in [-0.2, 0) is 20.0 Å². The highest BCUT2D eigenvalue weighted by molar-refractivity contribution is 7.90. The van der Waals surface area contributed by atoms with Crippen LogP contribution in [0.15, 0.2) is 17.0 Å². The van der Waals surface area contributed by atoms with E-state index in [4.69, 9.17) is 0 Å². The minimum Gasteiger partial charge on any atom is -0.508 e. The number of hydrogen-bond acceptors (Lipinski definition) is 4. The van der Waals surface area contributed by atoms with Gasteiger partial charge in [0.05, 0.1) is 10.3 Å². The van der Waals surface area contributed by atoms with E-state index in [1.54, 1.807) is 6.92 Å². The first kappa shape index (κ1) is 14.8. The summed E-state index contributed by atoms with van der Waals surface area (Å²) in [6.45, 7) is 1.59. The Bertz CT molecular complexity index is 654. The van der Waals surface area contributed by atoms with Crippen molar-refractivity contribution in [2.45, 2.75) is 42.9 Å². The number of carbonyl (C=O) groups is 1. The molecule has 0 heterocycles. The molecule has 20 heavy (non-hydrogen) atoms. The van der Waals surface area contributed by atoms with Gasteiger partial charge < -0.3 is 10.2 Å². The number of aryl methyl sites for hydroxylation is 1. The Morgan fingerprint density at radius 1 is 1.25 bits per heavy atom. The SMILES string of the molecule is Cc1cc(S(C)(=O)=O)c(C2(C(=O)O)CCCC2)cc1O. The van der Waals surface area contributed by atoms with Gasteiger partial charge in [-0.15, -0.1) is 0 Å². The standard InChI is InChI=1S/C14H18O5S/c1-9-7-12(20(2,18)19)10(8-11(9)15)14(13(16)17)5-3-4-6-14/h7-8,15H,3-6H2,1-2H3,(H,16,17). The number of carboxylic acids is 1. The average molecular weight is 298 g/mol. The Kier molecular flexibility index (Phi) is 3.54. The topological polar surface area (TPSA) is 91.7 Å². The summed E-state index contributed by atoms with van der Waals surface area (Å²) in [6, 6.07) is 2.67. The van der Waals surface area contributed by atoms with Crippen molar-refractivity contribution in [3.05, 3.63) is 23.3 Å². The molecule has 1 aliphatic carbocycles. The zero-order chi connectivity index (χ0) is 15.1. The lowest BCUT2D eigenvalue weighted by Crippen LogP contribution is -2.34. The first-order valence-corrected chi connectivity index (χ1v) is 8.35. The minimum atomic E-state index is -3.56. The maximum atomic E-state index is 12.0. The van der Waals surface area contributed by atoms with Crippen molar-refractivity contribution >= 4 is 15.8 Å². The van der Waals surface area contributed by atoms with Gasteiger partial charge in [-0.1, -0.05) is 12.8 Å². The van der Waals surface area contributed by atoms with Crippen LogP contribution in [-0.4, -0.2) is 30.9 Å². The largest absolute Gasteiger partial charge is 0.508 e. The summed E-state index contributed by atoms with van der Waals surface area (Å²) in [7, 11) is -3.56. The predicted octanol–water partition coefficient (Wildman–Crippen LogP) is 2.00. The highest BCUT2D eigenvalue weighted by atomic mass is 32.2. The third kappa shape index (κ3) is 2.28. The predicted molar refractivity (Wildman–Crippen MR) is 73.7 cm³/mol. The minimum absolute atomic E-state index is 0.0112. The third-order valence-electron chi connectivity index (χ3n) is 4.08. The van der Waals surface area contributed by atoms with Crippen molar-refractivity contribution in [3.8, 4) is 5.75 Å². The molecule has 2 N–H and O–H groups in total. The Morgan fingerprint density at radius 2 is 1.80 bits per heavy atom. The van der Waals surface area contributed by atoms with E-state index in [0.29, 0.717) is 18.4 Å². The summed E-state index contributed by atoms with van der Waals surface area (Å²) >= 11 is 0. The van der Waals surface area contributed by atoms with Gasteiger partial charge in [-0.05, 0) is 43.0 Å². The molecule has 1 aliphatic rings. The van der Waals surface area contributed by atoms with Crippen LogP contribution in [0.1, 0.15) is 36.8 Å². The normalized spacial score (nSPS) is 18.1. The Morgan fingerprint density at radius 3 is 2.25 bits per heavy atom. The molecule has 0 spiro atoms. The Hall–Kier alpha value is -1.56. The first-order chi connectivity index (χ1) is 9.18. The zero-order valence-electron chi connectivity index (χ0n) is 11.5. The van der Waals surface area contributed by atoms with Gasteiger partial charge in [0.15, 0.2) is 9.84 Å². The molecule has 1 fully saturated rings. The number of sulfone groups is 1. The summed E-state index contributed by atoms with van der Waals surface area (Å²) in [5.41, 5.74) is -0.565. The van der Waals surface area contributed by atoms with Crippen LogP contribution in [0, 0.1) is 6.92 Å².